The second kappa shape index (κ2) is 8.66. The predicted molar refractivity (Wildman–Crippen MR) is 127 cm³/mol. The number of carbonyl (C=O) groups is 1. The van der Waals surface area contributed by atoms with E-state index < -0.39 is 0 Å². The number of nitrogens with zero attached hydrogens (tertiary/aromatic N) is 3. The molecule has 0 unspecified atom stereocenters. The average Bonchev–Trinajstić information content (AvgIpc) is 3.58. The quantitative estimate of drug-likeness (QED) is 0.684. The Kier molecular flexibility index (Phi) is 5.75. The maximum atomic E-state index is 13.0. The van der Waals surface area contributed by atoms with Crippen molar-refractivity contribution in [3.05, 3.63) is 54.6 Å². The fourth-order valence-corrected chi connectivity index (χ4v) is 5.39. The number of piperidine rings is 1. The van der Waals surface area contributed by atoms with Gasteiger partial charge in [-0.05, 0) is 87.3 Å². The zero-order valence-electron chi connectivity index (χ0n) is 18.8. The van der Waals surface area contributed by atoms with Crippen LogP contribution in [0.15, 0.2) is 54.6 Å². The summed E-state index contributed by atoms with van der Waals surface area (Å²) in [7, 11) is 0. The highest BCUT2D eigenvalue weighted by molar-refractivity contribution is 5.86. The van der Waals surface area contributed by atoms with Gasteiger partial charge in [-0.25, -0.2) is 0 Å². The molecule has 3 fully saturated rings. The molecule has 2 aliphatic heterocycles. The van der Waals surface area contributed by atoms with Crippen LogP contribution in [0.25, 0.3) is 11.1 Å². The lowest BCUT2D eigenvalue weighted by Crippen LogP contribution is -2.56. The van der Waals surface area contributed by atoms with Crippen LogP contribution in [-0.4, -0.2) is 61.0 Å². The van der Waals surface area contributed by atoms with E-state index in [2.05, 4.69) is 70.2 Å². The van der Waals surface area contributed by atoms with Crippen LogP contribution in [0.4, 0.5) is 5.69 Å². The molecule has 2 heterocycles. The van der Waals surface area contributed by atoms with Crippen molar-refractivity contribution in [1.29, 1.82) is 0 Å². The average molecular weight is 418 g/mol. The summed E-state index contributed by atoms with van der Waals surface area (Å²) in [5, 5.41) is 0. The standard InChI is InChI=1S/C27H35N3O/c1-22-26(31)29(17-5-16-28-18-14-27(12-13-27)15-19-28)20-21-30(22)25-10-8-24(9-11-25)23-6-3-2-4-7-23/h2-4,6-11,22H,5,12-21H2,1H3/t22-/m0/s1. The van der Waals surface area contributed by atoms with Gasteiger partial charge in [-0.1, -0.05) is 42.5 Å². The molecule has 1 spiro atoms. The van der Waals surface area contributed by atoms with E-state index in [9.17, 15) is 4.79 Å². The molecule has 2 aromatic carbocycles. The number of likely N-dealkylation sites (tertiary alicyclic amines) is 1. The fraction of sp³-hybridized carbons (Fsp3) is 0.519. The number of benzene rings is 2. The second-order valence-corrected chi connectivity index (χ2v) is 9.80. The molecule has 0 bridgehead atoms. The Bertz CT molecular complexity index is 880. The maximum absolute atomic E-state index is 13.0. The molecule has 5 rings (SSSR count). The third kappa shape index (κ3) is 4.50. The molecule has 0 N–H and O–H groups in total. The van der Waals surface area contributed by atoms with E-state index >= 15 is 0 Å². The van der Waals surface area contributed by atoms with E-state index in [-0.39, 0.29) is 11.9 Å². The van der Waals surface area contributed by atoms with Gasteiger partial charge in [0.15, 0.2) is 0 Å². The van der Waals surface area contributed by atoms with Gasteiger partial charge in [0.1, 0.15) is 6.04 Å². The SMILES string of the molecule is C[C@H]1C(=O)N(CCCN2CCC3(CC2)CC3)CCN1c1ccc(-c2ccccc2)cc1. The van der Waals surface area contributed by atoms with Crippen LogP contribution in [0.2, 0.25) is 0 Å². The van der Waals surface area contributed by atoms with Gasteiger partial charge < -0.3 is 14.7 Å². The Morgan fingerprint density at radius 3 is 2.16 bits per heavy atom. The van der Waals surface area contributed by atoms with E-state index in [0.717, 1.165) is 43.7 Å². The Hall–Kier alpha value is -2.33. The summed E-state index contributed by atoms with van der Waals surface area (Å²) in [6.45, 7) is 8.34. The first-order valence-corrected chi connectivity index (χ1v) is 12.1. The Balaban J connectivity index is 1.12. The number of hydrogen-bond donors (Lipinski definition) is 0. The van der Waals surface area contributed by atoms with Crippen molar-refractivity contribution in [2.24, 2.45) is 5.41 Å². The molecular weight excluding hydrogens is 382 g/mol. The minimum atomic E-state index is -0.0963. The van der Waals surface area contributed by atoms with Crippen LogP contribution in [0.1, 0.15) is 39.0 Å². The van der Waals surface area contributed by atoms with Crippen molar-refractivity contribution in [2.75, 3.05) is 44.2 Å². The number of amides is 1. The molecule has 0 radical (unpaired) electrons. The topological polar surface area (TPSA) is 26.8 Å². The third-order valence-corrected chi connectivity index (χ3v) is 7.83. The molecule has 2 saturated heterocycles. The van der Waals surface area contributed by atoms with Gasteiger partial charge in [0, 0.05) is 25.3 Å². The highest BCUT2D eigenvalue weighted by Gasteiger charge is 2.44. The number of anilines is 1. The number of carbonyl (C=O) groups excluding carboxylic acids is 1. The Morgan fingerprint density at radius 2 is 1.48 bits per heavy atom. The van der Waals surface area contributed by atoms with E-state index in [1.165, 1.54) is 49.9 Å². The van der Waals surface area contributed by atoms with Crippen molar-refractivity contribution < 1.29 is 4.79 Å². The predicted octanol–water partition coefficient (Wildman–Crippen LogP) is 4.66. The molecular formula is C27H35N3O. The summed E-state index contributed by atoms with van der Waals surface area (Å²) in [6, 6.07) is 19.0. The zero-order valence-corrected chi connectivity index (χ0v) is 18.8. The van der Waals surface area contributed by atoms with E-state index in [1.54, 1.807) is 0 Å². The summed E-state index contributed by atoms with van der Waals surface area (Å²) >= 11 is 0. The Labute approximate surface area is 186 Å². The minimum Gasteiger partial charge on any atom is -0.358 e. The van der Waals surface area contributed by atoms with E-state index in [1.807, 2.05) is 6.07 Å². The monoisotopic (exact) mass is 417 g/mol. The van der Waals surface area contributed by atoms with Crippen molar-refractivity contribution in [1.82, 2.24) is 9.80 Å². The highest BCUT2D eigenvalue weighted by atomic mass is 16.2. The van der Waals surface area contributed by atoms with Crippen LogP contribution in [0.3, 0.4) is 0 Å². The summed E-state index contributed by atoms with van der Waals surface area (Å²) in [6.07, 6.45) is 6.81. The second-order valence-electron chi connectivity index (χ2n) is 9.80. The first-order chi connectivity index (χ1) is 15.1. The summed E-state index contributed by atoms with van der Waals surface area (Å²) in [5.41, 5.74) is 4.33. The first-order valence-electron chi connectivity index (χ1n) is 12.1. The van der Waals surface area contributed by atoms with E-state index in [4.69, 9.17) is 0 Å². The lowest BCUT2D eigenvalue weighted by atomic mass is 9.94. The third-order valence-electron chi connectivity index (χ3n) is 7.83. The van der Waals surface area contributed by atoms with Crippen molar-refractivity contribution in [3.63, 3.8) is 0 Å². The first kappa shape index (κ1) is 20.6. The molecule has 4 nitrogen and oxygen atoms in total. The molecule has 0 aromatic heterocycles. The maximum Gasteiger partial charge on any atom is 0.245 e. The number of rotatable bonds is 6. The van der Waals surface area contributed by atoms with Crippen LogP contribution in [-0.2, 0) is 4.79 Å². The minimum absolute atomic E-state index is 0.0963. The smallest absolute Gasteiger partial charge is 0.245 e. The van der Waals surface area contributed by atoms with Gasteiger partial charge in [0.05, 0.1) is 0 Å². The summed E-state index contributed by atoms with van der Waals surface area (Å²) in [4.78, 5) is 20.0. The van der Waals surface area contributed by atoms with Gasteiger partial charge in [0.25, 0.3) is 0 Å². The van der Waals surface area contributed by atoms with Crippen molar-refractivity contribution in [2.45, 2.75) is 45.1 Å². The van der Waals surface area contributed by atoms with Crippen molar-refractivity contribution >= 4 is 11.6 Å². The molecule has 164 valence electrons. The molecule has 1 saturated carbocycles. The number of hydrogen-bond acceptors (Lipinski definition) is 3. The number of piperazine rings is 1. The molecule has 31 heavy (non-hydrogen) atoms. The molecule has 1 amide bonds. The molecule has 2 aromatic rings. The van der Waals surface area contributed by atoms with Crippen LogP contribution in [0, 0.1) is 5.41 Å². The van der Waals surface area contributed by atoms with Gasteiger partial charge >= 0.3 is 0 Å². The Morgan fingerprint density at radius 1 is 0.806 bits per heavy atom. The highest BCUT2D eigenvalue weighted by Crippen LogP contribution is 2.53. The van der Waals surface area contributed by atoms with Crippen molar-refractivity contribution in [3.8, 4) is 11.1 Å². The van der Waals surface area contributed by atoms with E-state index in [0.29, 0.717) is 0 Å². The van der Waals surface area contributed by atoms with Gasteiger partial charge in [-0.15, -0.1) is 0 Å². The van der Waals surface area contributed by atoms with Crippen LogP contribution < -0.4 is 4.90 Å². The van der Waals surface area contributed by atoms with Gasteiger partial charge in [-0.2, -0.15) is 0 Å². The van der Waals surface area contributed by atoms with Gasteiger partial charge in [-0.3, -0.25) is 4.79 Å². The molecule has 4 heteroatoms. The summed E-state index contributed by atoms with van der Waals surface area (Å²) < 4.78 is 0. The summed E-state index contributed by atoms with van der Waals surface area (Å²) in [5.74, 6) is 0.272. The normalized spacial score (nSPS) is 23.4. The van der Waals surface area contributed by atoms with Gasteiger partial charge in [0.2, 0.25) is 5.91 Å². The zero-order chi connectivity index (χ0) is 21.3. The fourth-order valence-electron chi connectivity index (χ4n) is 5.39. The van der Waals surface area contributed by atoms with Crippen LogP contribution in [0.5, 0.6) is 0 Å². The molecule has 1 atom stereocenters. The lowest BCUT2D eigenvalue weighted by molar-refractivity contribution is -0.134. The molecule has 1 aliphatic carbocycles. The van der Waals surface area contributed by atoms with Crippen LogP contribution >= 0.6 is 0 Å². The largest absolute Gasteiger partial charge is 0.358 e. The molecule has 3 aliphatic rings. The lowest BCUT2D eigenvalue weighted by Gasteiger charge is -2.41.